The largest absolute Gasteiger partial charge is 0.433 e. The van der Waals surface area contributed by atoms with Crippen LogP contribution in [0.25, 0.3) is 0 Å². The Bertz CT molecular complexity index is 435. The zero-order valence-corrected chi connectivity index (χ0v) is 11.1. The summed E-state index contributed by atoms with van der Waals surface area (Å²) >= 11 is 5.89. The highest BCUT2D eigenvalue weighted by atomic mass is 35.5. The Hall–Kier alpha value is -1.03. The highest BCUT2D eigenvalue weighted by Gasteiger charge is 2.42. The Morgan fingerprint density at radius 3 is 2.56 bits per heavy atom. The summed E-state index contributed by atoms with van der Waals surface area (Å²) in [6, 6.07) is 5.10. The van der Waals surface area contributed by atoms with Crippen LogP contribution in [0.15, 0.2) is 18.2 Å². The second kappa shape index (κ2) is 4.92. The molecule has 1 unspecified atom stereocenters. The first kappa shape index (κ1) is 13.4. The molecule has 1 aromatic rings. The molecule has 1 N–H and O–H groups in total. The van der Waals surface area contributed by atoms with Gasteiger partial charge >= 0.3 is 6.61 Å². The number of hydrogen-bond acceptors (Lipinski definition) is 2. The van der Waals surface area contributed by atoms with Crippen LogP contribution in [-0.2, 0) is 0 Å². The Morgan fingerprint density at radius 1 is 1.39 bits per heavy atom. The van der Waals surface area contributed by atoms with Crippen molar-refractivity contribution < 1.29 is 13.5 Å². The van der Waals surface area contributed by atoms with Gasteiger partial charge in [0.2, 0.25) is 0 Å². The number of halogens is 3. The van der Waals surface area contributed by atoms with Gasteiger partial charge in [-0.3, -0.25) is 0 Å². The quantitative estimate of drug-likeness (QED) is 0.852. The Balaban J connectivity index is 2.04. The summed E-state index contributed by atoms with van der Waals surface area (Å²) in [5.74, 6) is 0.00232. The van der Waals surface area contributed by atoms with E-state index in [-0.39, 0.29) is 10.8 Å². The number of rotatable bonds is 5. The van der Waals surface area contributed by atoms with Gasteiger partial charge in [-0.15, -0.1) is 0 Å². The van der Waals surface area contributed by atoms with Crippen molar-refractivity contribution in [2.45, 2.75) is 39.3 Å². The molecule has 2 rings (SSSR count). The normalized spacial score (nSPS) is 18.6. The number of ether oxygens (including phenoxy) is 1. The number of anilines is 1. The van der Waals surface area contributed by atoms with Crippen LogP contribution in [0, 0.1) is 5.41 Å². The third-order valence-electron chi connectivity index (χ3n) is 3.62. The van der Waals surface area contributed by atoms with Crippen LogP contribution >= 0.6 is 11.6 Å². The van der Waals surface area contributed by atoms with Crippen LogP contribution in [0.5, 0.6) is 5.75 Å². The van der Waals surface area contributed by atoms with Crippen LogP contribution in [0.1, 0.15) is 26.7 Å². The van der Waals surface area contributed by atoms with Crippen molar-refractivity contribution in [2.24, 2.45) is 5.41 Å². The van der Waals surface area contributed by atoms with E-state index in [0.717, 1.165) is 5.69 Å². The third-order valence-corrected chi connectivity index (χ3v) is 3.91. The van der Waals surface area contributed by atoms with E-state index in [1.54, 1.807) is 12.1 Å². The van der Waals surface area contributed by atoms with Gasteiger partial charge in [0.15, 0.2) is 0 Å². The fourth-order valence-corrected chi connectivity index (χ4v) is 2.06. The maximum Gasteiger partial charge on any atom is 0.387 e. The molecule has 5 heteroatoms. The van der Waals surface area contributed by atoms with E-state index in [1.165, 1.54) is 18.9 Å². The summed E-state index contributed by atoms with van der Waals surface area (Å²) in [5.41, 5.74) is 1.16. The highest BCUT2D eigenvalue weighted by molar-refractivity contribution is 6.32. The monoisotopic (exact) mass is 275 g/mol. The lowest BCUT2D eigenvalue weighted by Gasteiger charge is -2.22. The van der Waals surface area contributed by atoms with Gasteiger partial charge in [-0.1, -0.05) is 18.5 Å². The molecule has 0 amide bonds. The lowest BCUT2D eigenvalue weighted by Crippen LogP contribution is -2.24. The second-order valence-corrected chi connectivity index (χ2v) is 5.45. The fraction of sp³-hybridized carbons (Fsp3) is 0.538. The summed E-state index contributed by atoms with van der Waals surface area (Å²) < 4.78 is 28.4. The summed E-state index contributed by atoms with van der Waals surface area (Å²) in [7, 11) is 0. The van der Waals surface area contributed by atoms with Crippen LogP contribution in [0.3, 0.4) is 0 Å². The van der Waals surface area contributed by atoms with E-state index in [4.69, 9.17) is 11.6 Å². The van der Waals surface area contributed by atoms with Crippen LogP contribution in [0.2, 0.25) is 5.02 Å². The van der Waals surface area contributed by atoms with Gasteiger partial charge in [-0.25, -0.2) is 0 Å². The smallest absolute Gasteiger partial charge is 0.387 e. The summed E-state index contributed by atoms with van der Waals surface area (Å²) in [4.78, 5) is 0. The fourth-order valence-electron chi connectivity index (χ4n) is 1.84. The van der Waals surface area contributed by atoms with Crippen molar-refractivity contribution in [2.75, 3.05) is 5.32 Å². The van der Waals surface area contributed by atoms with E-state index < -0.39 is 6.61 Å². The molecule has 1 aliphatic carbocycles. The van der Waals surface area contributed by atoms with Crippen molar-refractivity contribution in [3.63, 3.8) is 0 Å². The molecule has 1 aromatic carbocycles. The lowest BCUT2D eigenvalue weighted by molar-refractivity contribution is -0.0497. The predicted octanol–water partition coefficient (Wildman–Crippen LogP) is 4.54. The molecule has 0 heterocycles. The number of nitrogens with one attached hydrogen (secondary N) is 1. The zero-order valence-electron chi connectivity index (χ0n) is 10.3. The van der Waals surface area contributed by atoms with Crippen molar-refractivity contribution in [3.05, 3.63) is 23.2 Å². The molecule has 0 radical (unpaired) electrons. The minimum atomic E-state index is -2.86. The number of benzene rings is 1. The van der Waals surface area contributed by atoms with E-state index in [1.807, 2.05) is 0 Å². The van der Waals surface area contributed by atoms with Crippen molar-refractivity contribution in [1.29, 1.82) is 0 Å². The molecule has 18 heavy (non-hydrogen) atoms. The average Bonchev–Trinajstić information content (AvgIpc) is 3.01. The van der Waals surface area contributed by atoms with Crippen molar-refractivity contribution in [1.82, 2.24) is 0 Å². The number of hydrogen-bond donors (Lipinski definition) is 1. The van der Waals surface area contributed by atoms with E-state index in [2.05, 4.69) is 23.9 Å². The third kappa shape index (κ3) is 3.05. The molecule has 0 saturated heterocycles. The molecule has 0 aliphatic heterocycles. The van der Waals surface area contributed by atoms with Crippen LogP contribution in [0.4, 0.5) is 14.5 Å². The minimum absolute atomic E-state index is 0.00232. The highest BCUT2D eigenvalue weighted by Crippen LogP contribution is 2.49. The standard InChI is InChI=1S/C13H16ClF2NO/c1-8(13(2)5-6-13)17-9-3-4-11(10(14)7-9)18-12(15)16/h3-4,7-8,12,17H,5-6H2,1-2H3. The van der Waals surface area contributed by atoms with Gasteiger partial charge in [0, 0.05) is 11.7 Å². The summed E-state index contributed by atoms with van der Waals surface area (Å²) in [5, 5.41) is 3.53. The minimum Gasteiger partial charge on any atom is -0.433 e. The van der Waals surface area contributed by atoms with E-state index in [0.29, 0.717) is 11.5 Å². The molecular formula is C13H16ClF2NO. The van der Waals surface area contributed by atoms with Crippen molar-refractivity contribution in [3.8, 4) is 5.75 Å². The predicted molar refractivity (Wildman–Crippen MR) is 68.5 cm³/mol. The maximum absolute atomic E-state index is 12.1. The molecule has 1 saturated carbocycles. The van der Waals surface area contributed by atoms with Gasteiger partial charge in [0.1, 0.15) is 5.75 Å². The van der Waals surface area contributed by atoms with Crippen LogP contribution in [-0.4, -0.2) is 12.7 Å². The topological polar surface area (TPSA) is 21.3 Å². The zero-order chi connectivity index (χ0) is 13.3. The van der Waals surface area contributed by atoms with Gasteiger partial charge < -0.3 is 10.1 Å². The summed E-state index contributed by atoms with van der Waals surface area (Å²) in [6.45, 7) is 1.48. The molecule has 100 valence electrons. The SMILES string of the molecule is CC(Nc1ccc(OC(F)F)c(Cl)c1)C1(C)CC1. The molecule has 1 fully saturated rings. The van der Waals surface area contributed by atoms with Crippen LogP contribution < -0.4 is 10.1 Å². The second-order valence-electron chi connectivity index (χ2n) is 5.04. The van der Waals surface area contributed by atoms with E-state index >= 15 is 0 Å². The van der Waals surface area contributed by atoms with Gasteiger partial charge in [-0.05, 0) is 43.4 Å². The molecule has 1 aliphatic rings. The Kier molecular flexibility index (Phi) is 3.66. The van der Waals surface area contributed by atoms with Gasteiger partial charge in [0.05, 0.1) is 5.02 Å². The molecule has 0 bridgehead atoms. The first-order chi connectivity index (χ1) is 8.40. The number of alkyl halides is 2. The van der Waals surface area contributed by atoms with Crippen molar-refractivity contribution >= 4 is 17.3 Å². The Morgan fingerprint density at radius 2 is 2.06 bits per heavy atom. The summed E-state index contributed by atoms with van der Waals surface area (Å²) in [6.07, 6.45) is 2.42. The van der Waals surface area contributed by atoms with E-state index in [9.17, 15) is 8.78 Å². The first-order valence-corrected chi connectivity index (χ1v) is 6.29. The molecule has 2 nitrogen and oxygen atoms in total. The van der Waals surface area contributed by atoms with Gasteiger partial charge in [0.25, 0.3) is 0 Å². The molecule has 1 atom stereocenters. The average molecular weight is 276 g/mol. The molecule has 0 aromatic heterocycles. The Labute approximate surface area is 110 Å². The molecule has 0 spiro atoms. The first-order valence-electron chi connectivity index (χ1n) is 5.92. The maximum atomic E-state index is 12.1. The van der Waals surface area contributed by atoms with Gasteiger partial charge in [-0.2, -0.15) is 8.78 Å². The lowest BCUT2D eigenvalue weighted by atomic mass is 10.0. The molecular weight excluding hydrogens is 260 g/mol.